The van der Waals surface area contributed by atoms with Crippen LogP contribution in [0.15, 0.2) is 30.5 Å². The molecule has 20 heavy (non-hydrogen) atoms. The number of hydrogen-bond acceptors (Lipinski definition) is 3. The molecule has 0 atom stereocenters. The summed E-state index contributed by atoms with van der Waals surface area (Å²) in [7, 11) is 0. The molecule has 0 unspecified atom stereocenters. The molecule has 2 N–H and O–H groups in total. The van der Waals surface area contributed by atoms with Crippen LogP contribution in [0, 0.1) is 13.8 Å². The highest BCUT2D eigenvalue weighted by atomic mass is 16.1. The first-order chi connectivity index (χ1) is 9.65. The molecule has 0 fully saturated rings. The molecule has 102 valence electrons. The van der Waals surface area contributed by atoms with Gasteiger partial charge in [-0.05, 0) is 32.0 Å². The van der Waals surface area contributed by atoms with Crippen LogP contribution in [0.3, 0.4) is 0 Å². The minimum Gasteiger partial charge on any atom is -0.345 e. The zero-order valence-corrected chi connectivity index (χ0v) is 11.3. The smallest absolute Gasteiger partial charge is 0.270 e. The van der Waals surface area contributed by atoms with Gasteiger partial charge in [-0.25, -0.2) is 4.98 Å². The Labute approximate surface area is 115 Å². The molecule has 3 rings (SSSR count). The normalized spacial score (nSPS) is 10.9. The fourth-order valence-electron chi connectivity index (χ4n) is 2.21. The zero-order valence-electron chi connectivity index (χ0n) is 11.3. The van der Waals surface area contributed by atoms with E-state index < -0.39 is 0 Å². The van der Waals surface area contributed by atoms with Crippen LogP contribution in [0.2, 0.25) is 0 Å². The van der Waals surface area contributed by atoms with E-state index in [1.165, 1.54) is 0 Å². The summed E-state index contributed by atoms with van der Waals surface area (Å²) < 4.78 is 1.79. The second-order valence-electron chi connectivity index (χ2n) is 4.70. The third kappa shape index (κ3) is 2.16. The van der Waals surface area contributed by atoms with E-state index in [2.05, 4.69) is 20.5 Å². The first-order valence-corrected chi connectivity index (χ1v) is 6.38. The molecule has 0 aromatic carbocycles. The predicted octanol–water partition coefficient (Wildman–Crippen LogP) is 1.60. The summed E-state index contributed by atoms with van der Waals surface area (Å²) in [6.07, 6.45) is 1.84. The van der Waals surface area contributed by atoms with Crippen molar-refractivity contribution < 1.29 is 4.79 Å². The number of hydrogen-bond donors (Lipinski definition) is 2. The summed E-state index contributed by atoms with van der Waals surface area (Å²) in [5, 5.41) is 9.81. The van der Waals surface area contributed by atoms with Gasteiger partial charge in [-0.2, -0.15) is 5.10 Å². The molecule has 0 aliphatic carbocycles. The Hall–Kier alpha value is -2.63. The van der Waals surface area contributed by atoms with E-state index in [1.54, 1.807) is 4.40 Å². The van der Waals surface area contributed by atoms with Crippen molar-refractivity contribution in [1.82, 2.24) is 24.9 Å². The molecule has 0 radical (unpaired) electrons. The van der Waals surface area contributed by atoms with Crippen LogP contribution in [0.25, 0.3) is 5.65 Å². The number of carbonyl (C=O) groups excluding carboxylic acids is 1. The van der Waals surface area contributed by atoms with Crippen molar-refractivity contribution in [3.8, 4) is 0 Å². The van der Waals surface area contributed by atoms with Gasteiger partial charge in [-0.15, -0.1) is 0 Å². The fourth-order valence-corrected chi connectivity index (χ4v) is 2.21. The molecule has 0 spiro atoms. The van der Waals surface area contributed by atoms with E-state index in [0.29, 0.717) is 17.9 Å². The molecule has 0 saturated carbocycles. The second-order valence-corrected chi connectivity index (χ2v) is 4.70. The lowest BCUT2D eigenvalue weighted by molar-refractivity contribution is 0.0944. The molecule has 6 nitrogen and oxygen atoms in total. The number of nitrogens with zero attached hydrogens (tertiary/aromatic N) is 3. The highest BCUT2D eigenvalue weighted by Crippen LogP contribution is 2.11. The lowest BCUT2D eigenvalue weighted by Gasteiger charge is -2.04. The largest absolute Gasteiger partial charge is 0.345 e. The van der Waals surface area contributed by atoms with Crippen molar-refractivity contribution in [2.45, 2.75) is 20.4 Å². The number of rotatable bonds is 3. The first-order valence-electron chi connectivity index (χ1n) is 6.38. The third-order valence-electron chi connectivity index (χ3n) is 3.11. The van der Waals surface area contributed by atoms with Gasteiger partial charge in [0, 0.05) is 11.9 Å². The molecule has 6 heteroatoms. The van der Waals surface area contributed by atoms with E-state index in [9.17, 15) is 4.79 Å². The lowest BCUT2D eigenvalue weighted by Crippen LogP contribution is -2.25. The molecule has 0 aliphatic rings. The Morgan fingerprint density at radius 3 is 3.00 bits per heavy atom. The van der Waals surface area contributed by atoms with Crippen LogP contribution in [-0.4, -0.2) is 25.5 Å². The van der Waals surface area contributed by atoms with Crippen LogP contribution in [0.1, 0.15) is 27.6 Å². The Balaban J connectivity index is 1.83. The summed E-state index contributed by atoms with van der Waals surface area (Å²) in [6.45, 7) is 4.15. The van der Waals surface area contributed by atoms with Gasteiger partial charge in [0.1, 0.15) is 11.3 Å². The number of carbonyl (C=O) groups is 1. The number of H-pyrrole nitrogens is 1. The number of fused-ring (bicyclic) bond motifs is 1. The molecule has 0 aliphatic heterocycles. The highest BCUT2D eigenvalue weighted by Gasteiger charge is 2.16. The quantitative estimate of drug-likeness (QED) is 0.758. The van der Waals surface area contributed by atoms with Crippen molar-refractivity contribution in [1.29, 1.82) is 0 Å². The van der Waals surface area contributed by atoms with Gasteiger partial charge < -0.3 is 5.32 Å². The minimum atomic E-state index is -0.151. The van der Waals surface area contributed by atoms with Gasteiger partial charge >= 0.3 is 0 Å². The summed E-state index contributed by atoms with van der Waals surface area (Å²) in [4.78, 5) is 16.7. The standard InChI is InChI=1S/C14H15N5O/c1-9-7-11(18-17-9)8-15-14(20)13-10(2)16-12-5-3-4-6-19(12)13/h3-7H,8H2,1-2H3,(H,15,20)(H,17,18). The molecular weight excluding hydrogens is 254 g/mol. The van der Waals surface area contributed by atoms with E-state index in [1.807, 2.05) is 44.3 Å². The van der Waals surface area contributed by atoms with Gasteiger partial charge in [-0.1, -0.05) is 6.07 Å². The molecule has 0 bridgehead atoms. The maximum Gasteiger partial charge on any atom is 0.270 e. The maximum absolute atomic E-state index is 12.3. The number of aromatic amines is 1. The summed E-state index contributed by atoms with van der Waals surface area (Å²) in [5.74, 6) is -0.151. The van der Waals surface area contributed by atoms with Crippen molar-refractivity contribution in [3.05, 3.63) is 53.2 Å². The van der Waals surface area contributed by atoms with Crippen molar-refractivity contribution in [2.24, 2.45) is 0 Å². The van der Waals surface area contributed by atoms with Gasteiger partial charge in [0.2, 0.25) is 0 Å². The van der Waals surface area contributed by atoms with E-state index >= 15 is 0 Å². The van der Waals surface area contributed by atoms with Crippen molar-refractivity contribution in [3.63, 3.8) is 0 Å². The maximum atomic E-state index is 12.3. The van der Waals surface area contributed by atoms with Crippen LogP contribution in [0.5, 0.6) is 0 Å². The highest BCUT2D eigenvalue weighted by molar-refractivity contribution is 5.94. The van der Waals surface area contributed by atoms with Gasteiger partial charge in [-0.3, -0.25) is 14.3 Å². The topological polar surface area (TPSA) is 75.1 Å². The number of amides is 1. The number of aryl methyl sites for hydroxylation is 2. The molecule has 3 aromatic rings. The Morgan fingerprint density at radius 2 is 2.25 bits per heavy atom. The summed E-state index contributed by atoms with van der Waals surface area (Å²) in [5.41, 5.74) is 3.83. The molecule has 1 amide bonds. The summed E-state index contributed by atoms with van der Waals surface area (Å²) >= 11 is 0. The lowest BCUT2D eigenvalue weighted by atomic mass is 10.3. The first kappa shape index (κ1) is 12.4. The fraction of sp³-hybridized carbons (Fsp3) is 0.214. The van der Waals surface area contributed by atoms with E-state index in [-0.39, 0.29) is 5.91 Å². The Bertz CT molecular complexity index is 771. The van der Waals surface area contributed by atoms with Gasteiger partial charge in [0.25, 0.3) is 5.91 Å². The number of pyridine rings is 1. The van der Waals surface area contributed by atoms with Crippen molar-refractivity contribution in [2.75, 3.05) is 0 Å². The molecule has 0 saturated heterocycles. The zero-order chi connectivity index (χ0) is 14.1. The number of nitrogens with one attached hydrogen (secondary N) is 2. The molecule has 3 aromatic heterocycles. The van der Waals surface area contributed by atoms with Crippen LogP contribution >= 0.6 is 0 Å². The van der Waals surface area contributed by atoms with Gasteiger partial charge in [0.15, 0.2) is 0 Å². The Morgan fingerprint density at radius 1 is 1.40 bits per heavy atom. The minimum absolute atomic E-state index is 0.151. The van der Waals surface area contributed by atoms with E-state index in [0.717, 1.165) is 17.0 Å². The van der Waals surface area contributed by atoms with Crippen LogP contribution in [-0.2, 0) is 6.54 Å². The Kier molecular flexibility index (Phi) is 2.98. The second kappa shape index (κ2) is 4.80. The van der Waals surface area contributed by atoms with E-state index in [4.69, 9.17) is 0 Å². The number of aromatic nitrogens is 4. The van der Waals surface area contributed by atoms with Crippen LogP contribution < -0.4 is 5.32 Å². The number of imidazole rings is 1. The molecule has 3 heterocycles. The average Bonchev–Trinajstić information content (AvgIpc) is 2.98. The SMILES string of the molecule is Cc1cc(CNC(=O)c2c(C)nc3ccccn23)n[nH]1. The summed E-state index contributed by atoms with van der Waals surface area (Å²) in [6, 6.07) is 7.56. The van der Waals surface area contributed by atoms with Crippen molar-refractivity contribution >= 4 is 11.6 Å². The molecular formula is C14H15N5O. The monoisotopic (exact) mass is 269 g/mol. The van der Waals surface area contributed by atoms with Crippen LogP contribution in [0.4, 0.5) is 0 Å². The predicted molar refractivity (Wildman–Crippen MR) is 74.4 cm³/mol. The average molecular weight is 269 g/mol. The third-order valence-corrected chi connectivity index (χ3v) is 3.11. The van der Waals surface area contributed by atoms with Gasteiger partial charge in [0.05, 0.1) is 17.9 Å².